The lowest BCUT2D eigenvalue weighted by Gasteiger charge is -2.23. The number of rotatable bonds is 4. The molecule has 1 aromatic carbocycles. The van der Waals surface area contributed by atoms with Gasteiger partial charge in [-0.1, -0.05) is 37.1 Å². The SMILES string of the molecule is O=c1c(Br)cc2cnc(N(c3ccccc3)c3ccccn3)nc2n1C1CCCC1. The van der Waals surface area contributed by atoms with E-state index in [1.165, 1.54) is 0 Å². The van der Waals surface area contributed by atoms with Gasteiger partial charge in [-0.25, -0.2) is 9.97 Å². The highest BCUT2D eigenvalue weighted by Gasteiger charge is 2.23. The maximum absolute atomic E-state index is 13.0. The van der Waals surface area contributed by atoms with Crippen molar-refractivity contribution in [3.05, 3.63) is 81.8 Å². The third-order valence-corrected chi connectivity index (χ3v) is 6.07. The van der Waals surface area contributed by atoms with Crippen molar-refractivity contribution in [2.75, 3.05) is 4.90 Å². The molecule has 6 nitrogen and oxygen atoms in total. The number of aromatic nitrogens is 4. The number of nitrogens with zero attached hydrogens (tertiary/aromatic N) is 5. The van der Waals surface area contributed by atoms with Crippen molar-refractivity contribution in [3.8, 4) is 0 Å². The Morgan fingerprint density at radius 2 is 1.77 bits per heavy atom. The molecule has 150 valence electrons. The fourth-order valence-electron chi connectivity index (χ4n) is 4.10. The van der Waals surface area contributed by atoms with E-state index in [0.717, 1.165) is 42.6 Å². The first-order valence-corrected chi connectivity index (χ1v) is 10.9. The van der Waals surface area contributed by atoms with Gasteiger partial charge >= 0.3 is 0 Å². The van der Waals surface area contributed by atoms with E-state index < -0.39 is 0 Å². The summed E-state index contributed by atoms with van der Waals surface area (Å²) in [5.74, 6) is 1.20. The standard InChI is InChI=1S/C23H20BrN5O/c24-19-14-16-15-26-23(27-21(16)29(22(19)30)18-10-4-5-11-18)28(17-8-2-1-3-9-17)20-12-6-7-13-25-20/h1-3,6-9,12-15,18H,4-5,10-11H2. The molecule has 0 aliphatic heterocycles. The molecule has 0 saturated heterocycles. The largest absolute Gasteiger partial charge is 0.288 e. The van der Waals surface area contributed by atoms with Gasteiger partial charge in [0.15, 0.2) is 0 Å². The van der Waals surface area contributed by atoms with E-state index in [9.17, 15) is 4.79 Å². The molecular formula is C23H20BrN5O. The molecule has 0 N–H and O–H groups in total. The van der Waals surface area contributed by atoms with E-state index in [2.05, 4.69) is 25.9 Å². The Hall–Kier alpha value is -3.06. The number of fused-ring (bicyclic) bond motifs is 1. The van der Waals surface area contributed by atoms with Gasteiger partial charge in [0, 0.05) is 23.8 Å². The van der Waals surface area contributed by atoms with E-state index in [-0.39, 0.29) is 11.6 Å². The Labute approximate surface area is 182 Å². The summed E-state index contributed by atoms with van der Waals surface area (Å²) in [7, 11) is 0. The van der Waals surface area contributed by atoms with Gasteiger partial charge in [-0.15, -0.1) is 0 Å². The second kappa shape index (κ2) is 7.99. The molecule has 1 fully saturated rings. The minimum atomic E-state index is -0.0388. The predicted molar refractivity (Wildman–Crippen MR) is 121 cm³/mol. The van der Waals surface area contributed by atoms with Crippen molar-refractivity contribution in [3.63, 3.8) is 0 Å². The van der Waals surface area contributed by atoms with Gasteiger partial charge in [-0.3, -0.25) is 14.3 Å². The molecule has 4 aromatic rings. The van der Waals surface area contributed by atoms with Crippen LogP contribution in [0, 0.1) is 0 Å². The van der Waals surface area contributed by atoms with Crippen molar-refractivity contribution in [1.29, 1.82) is 0 Å². The second-order valence-corrected chi connectivity index (χ2v) is 8.27. The first-order chi connectivity index (χ1) is 14.7. The Bertz CT molecular complexity index is 1200. The molecule has 0 bridgehead atoms. The van der Waals surface area contributed by atoms with E-state index in [1.807, 2.05) is 58.0 Å². The maximum atomic E-state index is 13.0. The number of pyridine rings is 2. The summed E-state index contributed by atoms with van der Waals surface area (Å²) in [6, 6.07) is 17.6. The average molecular weight is 462 g/mol. The first-order valence-electron chi connectivity index (χ1n) is 10.1. The third-order valence-electron chi connectivity index (χ3n) is 5.50. The van der Waals surface area contributed by atoms with Gasteiger partial charge in [-0.2, -0.15) is 4.98 Å². The Kier molecular flexibility index (Phi) is 5.04. The number of halogens is 1. The minimum Gasteiger partial charge on any atom is -0.288 e. The van der Waals surface area contributed by atoms with Crippen molar-refractivity contribution in [2.24, 2.45) is 0 Å². The zero-order valence-corrected chi connectivity index (χ0v) is 17.9. The van der Waals surface area contributed by atoms with E-state index in [1.54, 1.807) is 18.5 Å². The zero-order valence-electron chi connectivity index (χ0n) is 16.3. The van der Waals surface area contributed by atoms with Crippen molar-refractivity contribution in [1.82, 2.24) is 19.5 Å². The summed E-state index contributed by atoms with van der Waals surface area (Å²) in [6.07, 6.45) is 7.78. The molecule has 3 aromatic heterocycles. The third kappa shape index (κ3) is 3.39. The van der Waals surface area contributed by atoms with Crippen molar-refractivity contribution >= 4 is 44.4 Å². The predicted octanol–water partition coefficient (Wildman–Crippen LogP) is 5.53. The number of hydrogen-bond acceptors (Lipinski definition) is 5. The van der Waals surface area contributed by atoms with Gasteiger partial charge < -0.3 is 0 Å². The van der Waals surface area contributed by atoms with Crippen LogP contribution in [0.2, 0.25) is 0 Å². The van der Waals surface area contributed by atoms with Crippen LogP contribution < -0.4 is 10.5 Å². The van der Waals surface area contributed by atoms with E-state index in [0.29, 0.717) is 16.1 Å². The maximum Gasteiger partial charge on any atom is 0.266 e. The van der Waals surface area contributed by atoms with E-state index >= 15 is 0 Å². The highest BCUT2D eigenvalue weighted by molar-refractivity contribution is 9.10. The highest BCUT2D eigenvalue weighted by atomic mass is 79.9. The highest BCUT2D eigenvalue weighted by Crippen LogP contribution is 2.34. The summed E-state index contributed by atoms with van der Waals surface area (Å²) >= 11 is 3.43. The molecular weight excluding hydrogens is 442 g/mol. The summed E-state index contributed by atoms with van der Waals surface area (Å²) in [5.41, 5.74) is 1.53. The fourth-order valence-corrected chi connectivity index (χ4v) is 4.54. The molecule has 7 heteroatoms. The molecule has 0 spiro atoms. The Morgan fingerprint density at radius 3 is 2.50 bits per heavy atom. The summed E-state index contributed by atoms with van der Waals surface area (Å²) in [5, 5.41) is 0.839. The topological polar surface area (TPSA) is 63.9 Å². The number of benzene rings is 1. The van der Waals surface area contributed by atoms with Gasteiger partial charge in [0.05, 0.1) is 10.2 Å². The molecule has 0 amide bonds. The summed E-state index contributed by atoms with van der Waals surface area (Å²) in [4.78, 5) is 29.0. The van der Waals surface area contributed by atoms with Crippen LogP contribution in [0.3, 0.4) is 0 Å². The molecule has 30 heavy (non-hydrogen) atoms. The molecule has 0 atom stereocenters. The summed E-state index contributed by atoms with van der Waals surface area (Å²) in [6.45, 7) is 0. The van der Waals surface area contributed by atoms with E-state index in [4.69, 9.17) is 4.98 Å². The molecule has 1 aliphatic rings. The molecule has 0 unspecified atom stereocenters. The molecule has 1 saturated carbocycles. The number of hydrogen-bond donors (Lipinski definition) is 0. The van der Waals surface area contributed by atoms with Crippen LogP contribution in [-0.2, 0) is 0 Å². The quantitative estimate of drug-likeness (QED) is 0.399. The second-order valence-electron chi connectivity index (χ2n) is 7.41. The average Bonchev–Trinajstić information content (AvgIpc) is 3.31. The minimum absolute atomic E-state index is 0.0388. The monoisotopic (exact) mass is 461 g/mol. The fraction of sp³-hybridized carbons (Fsp3) is 0.217. The van der Waals surface area contributed by atoms with Crippen LogP contribution >= 0.6 is 15.9 Å². The van der Waals surface area contributed by atoms with Crippen molar-refractivity contribution < 1.29 is 0 Å². The Balaban J connectivity index is 1.74. The van der Waals surface area contributed by atoms with Crippen molar-refractivity contribution in [2.45, 2.75) is 31.7 Å². The lowest BCUT2D eigenvalue weighted by Crippen LogP contribution is -2.26. The Morgan fingerprint density at radius 1 is 1.00 bits per heavy atom. The lowest BCUT2D eigenvalue weighted by molar-refractivity contribution is 0.514. The number of para-hydroxylation sites is 1. The van der Waals surface area contributed by atoms with Gasteiger partial charge in [0.2, 0.25) is 5.95 Å². The smallest absolute Gasteiger partial charge is 0.266 e. The molecule has 3 heterocycles. The lowest BCUT2D eigenvalue weighted by atomic mass is 10.2. The van der Waals surface area contributed by atoms with Crippen LogP contribution in [0.5, 0.6) is 0 Å². The normalized spacial score (nSPS) is 14.3. The number of anilines is 3. The van der Waals surface area contributed by atoms with Gasteiger partial charge in [0.25, 0.3) is 5.56 Å². The van der Waals surface area contributed by atoms with Gasteiger partial charge in [0.1, 0.15) is 11.5 Å². The van der Waals surface area contributed by atoms with Crippen LogP contribution in [0.1, 0.15) is 31.7 Å². The van der Waals surface area contributed by atoms with Crippen LogP contribution in [0.15, 0.2) is 76.3 Å². The first kappa shape index (κ1) is 18.9. The zero-order chi connectivity index (χ0) is 20.5. The summed E-state index contributed by atoms with van der Waals surface area (Å²) < 4.78 is 2.39. The van der Waals surface area contributed by atoms with Gasteiger partial charge in [-0.05, 0) is 59.1 Å². The molecule has 0 radical (unpaired) electrons. The van der Waals surface area contributed by atoms with Crippen LogP contribution in [0.25, 0.3) is 11.0 Å². The van der Waals surface area contributed by atoms with Crippen LogP contribution in [0.4, 0.5) is 17.5 Å². The molecule has 1 aliphatic carbocycles. The van der Waals surface area contributed by atoms with Crippen LogP contribution in [-0.4, -0.2) is 19.5 Å². The molecule has 5 rings (SSSR count).